The molecule has 6 heteroatoms. The SMILES string of the molecule is CNC(=O)N1CCN(C(=O)c2ccccc2F)CC1. The van der Waals surface area contributed by atoms with Crippen LogP contribution < -0.4 is 5.32 Å². The van der Waals surface area contributed by atoms with Crippen LogP contribution in [0.1, 0.15) is 10.4 Å². The molecule has 1 aliphatic heterocycles. The summed E-state index contributed by atoms with van der Waals surface area (Å²) in [5.41, 5.74) is 0.0795. The average molecular weight is 265 g/mol. The highest BCUT2D eigenvalue weighted by Gasteiger charge is 2.25. The highest BCUT2D eigenvalue weighted by molar-refractivity contribution is 5.94. The average Bonchev–Trinajstić information content (AvgIpc) is 2.46. The van der Waals surface area contributed by atoms with Gasteiger partial charge < -0.3 is 15.1 Å². The van der Waals surface area contributed by atoms with Crippen molar-refractivity contribution in [2.24, 2.45) is 0 Å². The van der Waals surface area contributed by atoms with E-state index in [2.05, 4.69) is 5.32 Å². The first-order valence-corrected chi connectivity index (χ1v) is 6.14. The maximum Gasteiger partial charge on any atom is 0.317 e. The minimum Gasteiger partial charge on any atom is -0.341 e. The molecule has 102 valence electrons. The predicted molar refractivity (Wildman–Crippen MR) is 68.3 cm³/mol. The van der Waals surface area contributed by atoms with Gasteiger partial charge in [0.2, 0.25) is 0 Å². The molecule has 1 heterocycles. The number of carbonyl (C=O) groups excluding carboxylic acids is 2. The first kappa shape index (κ1) is 13.3. The summed E-state index contributed by atoms with van der Waals surface area (Å²) in [6.07, 6.45) is 0. The number of piperazine rings is 1. The number of amides is 3. The fourth-order valence-corrected chi connectivity index (χ4v) is 2.08. The van der Waals surface area contributed by atoms with Crippen molar-refractivity contribution in [3.05, 3.63) is 35.6 Å². The van der Waals surface area contributed by atoms with E-state index >= 15 is 0 Å². The van der Waals surface area contributed by atoms with E-state index in [4.69, 9.17) is 0 Å². The lowest BCUT2D eigenvalue weighted by atomic mass is 10.1. The number of rotatable bonds is 1. The lowest BCUT2D eigenvalue weighted by Crippen LogP contribution is -2.52. The maximum atomic E-state index is 13.5. The largest absolute Gasteiger partial charge is 0.341 e. The molecule has 1 aliphatic rings. The summed E-state index contributed by atoms with van der Waals surface area (Å²) in [5.74, 6) is -0.837. The van der Waals surface area contributed by atoms with Gasteiger partial charge >= 0.3 is 6.03 Å². The number of nitrogens with zero attached hydrogens (tertiary/aromatic N) is 2. The Hall–Kier alpha value is -2.11. The molecule has 1 aromatic rings. The van der Waals surface area contributed by atoms with Gasteiger partial charge in [-0.2, -0.15) is 0 Å². The van der Waals surface area contributed by atoms with Gasteiger partial charge in [0.05, 0.1) is 5.56 Å². The Labute approximate surface area is 111 Å². The molecule has 0 radical (unpaired) electrons. The Balaban J connectivity index is 2.00. The van der Waals surface area contributed by atoms with Crippen LogP contribution in [-0.4, -0.2) is 55.0 Å². The number of hydrogen-bond acceptors (Lipinski definition) is 2. The Morgan fingerprint density at radius 1 is 1.11 bits per heavy atom. The predicted octanol–water partition coefficient (Wildman–Crippen LogP) is 0.923. The number of hydrogen-bond donors (Lipinski definition) is 1. The number of halogens is 1. The number of nitrogens with one attached hydrogen (secondary N) is 1. The van der Waals surface area contributed by atoms with Crippen LogP contribution in [0.15, 0.2) is 24.3 Å². The van der Waals surface area contributed by atoms with E-state index in [9.17, 15) is 14.0 Å². The Kier molecular flexibility index (Phi) is 3.99. The quantitative estimate of drug-likeness (QED) is 0.821. The summed E-state index contributed by atoms with van der Waals surface area (Å²) >= 11 is 0. The monoisotopic (exact) mass is 265 g/mol. The highest BCUT2D eigenvalue weighted by Crippen LogP contribution is 2.12. The van der Waals surface area contributed by atoms with Crippen molar-refractivity contribution >= 4 is 11.9 Å². The van der Waals surface area contributed by atoms with Crippen LogP contribution in [0.3, 0.4) is 0 Å². The molecule has 0 aliphatic carbocycles. The third kappa shape index (κ3) is 2.83. The van der Waals surface area contributed by atoms with E-state index in [1.807, 2.05) is 0 Å². The summed E-state index contributed by atoms with van der Waals surface area (Å²) in [5, 5.41) is 2.54. The molecular formula is C13H16FN3O2. The molecule has 1 saturated heterocycles. The normalized spacial score (nSPS) is 15.3. The minimum atomic E-state index is -0.513. The van der Waals surface area contributed by atoms with Crippen LogP contribution in [0.25, 0.3) is 0 Å². The van der Waals surface area contributed by atoms with Crippen LogP contribution in [0.4, 0.5) is 9.18 Å². The standard InChI is InChI=1S/C13H16FN3O2/c1-15-13(19)17-8-6-16(7-9-17)12(18)10-4-2-3-5-11(10)14/h2-5H,6-9H2,1H3,(H,15,19). The highest BCUT2D eigenvalue weighted by atomic mass is 19.1. The van der Waals surface area contributed by atoms with Gasteiger partial charge in [-0.15, -0.1) is 0 Å². The molecule has 0 unspecified atom stereocenters. The smallest absolute Gasteiger partial charge is 0.317 e. The van der Waals surface area contributed by atoms with Gasteiger partial charge in [-0.05, 0) is 12.1 Å². The molecule has 1 fully saturated rings. The second kappa shape index (κ2) is 5.69. The van der Waals surface area contributed by atoms with Gasteiger partial charge in [0.1, 0.15) is 5.82 Å². The molecule has 1 N–H and O–H groups in total. The second-order valence-electron chi connectivity index (χ2n) is 4.31. The van der Waals surface area contributed by atoms with Crippen LogP contribution in [-0.2, 0) is 0 Å². The summed E-state index contributed by atoms with van der Waals surface area (Å²) < 4.78 is 13.5. The van der Waals surface area contributed by atoms with Gasteiger partial charge in [0.25, 0.3) is 5.91 Å². The summed E-state index contributed by atoms with van der Waals surface area (Å²) in [4.78, 5) is 26.7. The van der Waals surface area contributed by atoms with Crippen molar-refractivity contribution in [1.82, 2.24) is 15.1 Å². The van der Waals surface area contributed by atoms with Crippen LogP contribution in [0, 0.1) is 5.82 Å². The molecule has 0 aromatic heterocycles. The zero-order valence-corrected chi connectivity index (χ0v) is 10.7. The molecule has 1 aromatic carbocycles. The van der Waals surface area contributed by atoms with Crippen LogP contribution in [0.2, 0.25) is 0 Å². The van der Waals surface area contributed by atoms with Crippen molar-refractivity contribution in [1.29, 1.82) is 0 Å². The van der Waals surface area contributed by atoms with Gasteiger partial charge in [0.15, 0.2) is 0 Å². The third-order valence-corrected chi connectivity index (χ3v) is 3.17. The molecule has 19 heavy (non-hydrogen) atoms. The molecule has 5 nitrogen and oxygen atoms in total. The van der Waals surface area contributed by atoms with E-state index in [1.165, 1.54) is 12.1 Å². The van der Waals surface area contributed by atoms with E-state index in [-0.39, 0.29) is 17.5 Å². The second-order valence-corrected chi connectivity index (χ2v) is 4.31. The third-order valence-electron chi connectivity index (χ3n) is 3.17. The lowest BCUT2D eigenvalue weighted by molar-refractivity contribution is 0.0661. The van der Waals surface area contributed by atoms with Gasteiger partial charge in [-0.1, -0.05) is 12.1 Å². The summed E-state index contributed by atoms with van der Waals surface area (Å²) in [6, 6.07) is 5.78. The first-order valence-electron chi connectivity index (χ1n) is 6.14. The van der Waals surface area contributed by atoms with Crippen molar-refractivity contribution < 1.29 is 14.0 Å². The first-order chi connectivity index (χ1) is 9.13. The van der Waals surface area contributed by atoms with Crippen molar-refractivity contribution in [3.63, 3.8) is 0 Å². The van der Waals surface area contributed by atoms with Gasteiger partial charge in [-0.3, -0.25) is 4.79 Å². The van der Waals surface area contributed by atoms with Gasteiger partial charge in [0, 0.05) is 33.2 Å². The summed E-state index contributed by atoms with van der Waals surface area (Å²) in [7, 11) is 1.57. The zero-order chi connectivity index (χ0) is 13.8. The van der Waals surface area contributed by atoms with Crippen molar-refractivity contribution in [2.75, 3.05) is 33.2 Å². The number of carbonyl (C=O) groups is 2. The van der Waals surface area contributed by atoms with Crippen LogP contribution >= 0.6 is 0 Å². The van der Waals surface area contributed by atoms with E-state index in [0.717, 1.165) is 0 Å². The van der Waals surface area contributed by atoms with Gasteiger partial charge in [-0.25, -0.2) is 9.18 Å². The molecule has 3 amide bonds. The zero-order valence-electron chi connectivity index (χ0n) is 10.7. The fraction of sp³-hybridized carbons (Fsp3) is 0.385. The molecule has 2 rings (SSSR count). The Morgan fingerprint density at radius 2 is 1.68 bits per heavy atom. The Bertz CT molecular complexity index is 485. The van der Waals surface area contributed by atoms with Crippen molar-refractivity contribution in [2.45, 2.75) is 0 Å². The maximum absolute atomic E-state index is 13.5. The topological polar surface area (TPSA) is 52.7 Å². The van der Waals surface area contributed by atoms with Crippen LogP contribution in [0.5, 0.6) is 0 Å². The molecule has 0 saturated carbocycles. The van der Waals surface area contributed by atoms with E-state index < -0.39 is 5.82 Å². The minimum absolute atomic E-state index is 0.0795. The molecule has 0 spiro atoms. The number of urea groups is 1. The van der Waals surface area contributed by atoms with E-state index in [1.54, 1.807) is 29.0 Å². The molecule has 0 atom stereocenters. The lowest BCUT2D eigenvalue weighted by Gasteiger charge is -2.34. The Morgan fingerprint density at radius 3 is 2.26 bits per heavy atom. The van der Waals surface area contributed by atoms with Crippen molar-refractivity contribution in [3.8, 4) is 0 Å². The fourth-order valence-electron chi connectivity index (χ4n) is 2.08. The number of benzene rings is 1. The van der Waals surface area contributed by atoms with E-state index in [0.29, 0.717) is 26.2 Å². The molecular weight excluding hydrogens is 249 g/mol. The summed E-state index contributed by atoms with van der Waals surface area (Å²) in [6.45, 7) is 1.75. The molecule has 0 bridgehead atoms.